The molecule has 0 bridgehead atoms. The van der Waals surface area contributed by atoms with Crippen LogP contribution in [0.3, 0.4) is 0 Å². The molecule has 2 aliphatic heterocycles. The van der Waals surface area contributed by atoms with E-state index in [4.69, 9.17) is 23.2 Å². The Balaban J connectivity index is 1.44. The Bertz CT molecular complexity index is 1060. The van der Waals surface area contributed by atoms with Crippen molar-refractivity contribution in [3.8, 4) is 0 Å². The summed E-state index contributed by atoms with van der Waals surface area (Å²) >= 11 is 12.1. The van der Waals surface area contributed by atoms with Crippen LogP contribution in [0.2, 0.25) is 10.0 Å². The maximum atomic E-state index is 13.2. The number of hydrogen-bond donors (Lipinski definition) is 0. The van der Waals surface area contributed by atoms with Crippen LogP contribution in [0.25, 0.3) is 0 Å². The second-order valence-corrected chi connectivity index (χ2v) is 10.8. The maximum Gasteiger partial charge on any atom is 0.227 e. The third-order valence-electron chi connectivity index (χ3n) is 5.92. The Kier molecular flexibility index (Phi) is 6.39. The second-order valence-electron chi connectivity index (χ2n) is 7.97. The molecule has 2 aliphatic rings. The lowest BCUT2D eigenvalue weighted by Crippen LogP contribution is -2.48. The number of fused-ring (bicyclic) bond motifs is 1. The number of halogens is 2. The van der Waals surface area contributed by atoms with Crippen LogP contribution >= 0.6 is 23.2 Å². The van der Waals surface area contributed by atoms with Gasteiger partial charge in [0.25, 0.3) is 0 Å². The summed E-state index contributed by atoms with van der Waals surface area (Å²) in [5, 5.41) is 0.801. The van der Waals surface area contributed by atoms with Gasteiger partial charge in [-0.15, -0.1) is 0 Å². The number of benzene rings is 2. The summed E-state index contributed by atoms with van der Waals surface area (Å²) in [6.07, 6.45) is 2.23. The first-order valence-electron chi connectivity index (χ1n) is 10.1. The Morgan fingerprint density at radius 1 is 1.07 bits per heavy atom. The van der Waals surface area contributed by atoms with Crippen LogP contribution < -0.4 is 0 Å². The molecule has 0 aliphatic carbocycles. The van der Waals surface area contributed by atoms with Gasteiger partial charge in [0, 0.05) is 36.2 Å². The van der Waals surface area contributed by atoms with Crippen LogP contribution in [0, 0.1) is 5.92 Å². The number of amides is 1. The lowest BCUT2D eigenvalue weighted by molar-refractivity contribution is -0.137. The SMILES string of the molecule is O=C([C@@H]1CCCN(S(=O)(=O)Cc2ccc(Cl)cc2Cl)C1)N1CCc2ccccc2C1. The third kappa shape index (κ3) is 4.67. The van der Waals surface area contributed by atoms with Crippen molar-refractivity contribution in [3.05, 3.63) is 69.2 Å². The standard InChI is InChI=1S/C22H24Cl2N2O3S/c23-20-8-7-19(21(24)12-20)15-30(28,29)26-10-3-6-18(14-26)22(27)25-11-9-16-4-1-2-5-17(16)13-25/h1-2,4-5,7-8,12,18H,3,6,9-11,13-15H2/t18-/m1/s1. The van der Waals surface area contributed by atoms with Crippen molar-refractivity contribution in [2.45, 2.75) is 31.6 Å². The van der Waals surface area contributed by atoms with Crippen LogP contribution in [0.15, 0.2) is 42.5 Å². The van der Waals surface area contributed by atoms with Gasteiger partial charge in [-0.05, 0) is 48.1 Å². The number of carbonyl (C=O) groups excluding carboxylic acids is 1. The minimum atomic E-state index is -3.58. The van der Waals surface area contributed by atoms with Gasteiger partial charge in [0.15, 0.2) is 0 Å². The van der Waals surface area contributed by atoms with Crippen LogP contribution in [0.4, 0.5) is 0 Å². The van der Waals surface area contributed by atoms with Gasteiger partial charge in [-0.1, -0.05) is 53.5 Å². The summed E-state index contributed by atoms with van der Waals surface area (Å²) in [7, 11) is -3.58. The number of hydrogen-bond acceptors (Lipinski definition) is 3. The first kappa shape index (κ1) is 21.6. The minimum absolute atomic E-state index is 0.0499. The summed E-state index contributed by atoms with van der Waals surface area (Å²) in [5.41, 5.74) is 2.98. The molecule has 0 spiro atoms. The Morgan fingerprint density at radius 2 is 1.83 bits per heavy atom. The van der Waals surface area contributed by atoms with E-state index in [-0.39, 0.29) is 24.1 Å². The van der Waals surface area contributed by atoms with Gasteiger partial charge in [0.2, 0.25) is 15.9 Å². The largest absolute Gasteiger partial charge is 0.338 e. The van der Waals surface area contributed by atoms with E-state index in [9.17, 15) is 13.2 Å². The third-order valence-corrected chi connectivity index (χ3v) is 8.30. The zero-order valence-electron chi connectivity index (χ0n) is 16.6. The predicted molar refractivity (Wildman–Crippen MR) is 119 cm³/mol. The molecular formula is C22H24Cl2N2O3S. The van der Waals surface area contributed by atoms with E-state index >= 15 is 0 Å². The minimum Gasteiger partial charge on any atom is -0.338 e. The fourth-order valence-electron chi connectivity index (χ4n) is 4.27. The van der Waals surface area contributed by atoms with Gasteiger partial charge in [-0.3, -0.25) is 4.79 Å². The molecule has 1 saturated heterocycles. The average Bonchev–Trinajstić information content (AvgIpc) is 2.75. The fraction of sp³-hybridized carbons (Fsp3) is 0.409. The smallest absolute Gasteiger partial charge is 0.227 e. The van der Waals surface area contributed by atoms with E-state index in [1.165, 1.54) is 15.4 Å². The van der Waals surface area contributed by atoms with Gasteiger partial charge < -0.3 is 4.90 Å². The Labute approximate surface area is 187 Å². The molecule has 2 heterocycles. The van der Waals surface area contributed by atoms with Crippen molar-refractivity contribution < 1.29 is 13.2 Å². The quantitative estimate of drug-likeness (QED) is 0.680. The predicted octanol–water partition coefficient (Wildman–Crippen LogP) is 4.12. The van der Waals surface area contributed by atoms with Gasteiger partial charge in [0.05, 0.1) is 11.7 Å². The molecule has 0 aromatic heterocycles. The molecule has 1 fully saturated rings. The zero-order valence-corrected chi connectivity index (χ0v) is 18.9. The topological polar surface area (TPSA) is 57.7 Å². The first-order chi connectivity index (χ1) is 14.3. The van der Waals surface area contributed by atoms with Gasteiger partial charge in [-0.2, -0.15) is 0 Å². The molecule has 1 amide bonds. The zero-order chi connectivity index (χ0) is 21.3. The van der Waals surface area contributed by atoms with Gasteiger partial charge >= 0.3 is 0 Å². The summed E-state index contributed by atoms with van der Waals surface area (Å²) in [6, 6.07) is 13.0. The summed E-state index contributed by atoms with van der Waals surface area (Å²) in [5.74, 6) is -0.450. The molecular weight excluding hydrogens is 443 g/mol. The fourth-order valence-corrected chi connectivity index (χ4v) is 6.46. The van der Waals surface area contributed by atoms with E-state index in [2.05, 4.69) is 12.1 Å². The van der Waals surface area contributed by atoms with Crippen LogP contribution in [-0.4, -0.2) is 43.2 Å². The van der Waals surface area contributed by atoms with Crippen molar-refractivity contribution in [1.82, 2.24) is 9.21 Å². The van der Waals surface area contributed by atoms with Crippen molar-refractivity contribution in [3.63, 3.8) is 0 Å². The monoisotopic (exact) mass is 466 g/mol. The van der Waals surface area contributed by atoms with E-state index in [0.717, 1.165) is 6.42 Å². The number of nitrogens with zero attached hydrogens (tertiary/aromatic N) is 2. The van der Waals surface area contributed by atoms with Crippen molar-refractivity contribution in [2.75, 3.05) is 19.6 Å². The molecule has 8 heteroatoms. The van der Waals surface area contributed by atoms with Crippen LogP contribution in [-0.2, 0) is 33.5 Å². The molecule has 0 unspecified atom stereocenters. The molecule has 5 nitrogen and oxygen atoms in total. The van der Waals surface area contributed by atoms with E-state index < -0.39 is 10.0 Å². The highest BCUT2D eigenvalue weighted by atomic mass is 35.5. The maximum absolute atomic E-state index is 13.2. The van der Waals surface area contributed by atoms with Gasteiger partial charge in [-0.25, -0.2) is 12.7 Å². The van der Waals surface area contributed by atoms with Crippen LogP contribution in [0.1, 0.15) is 29.5 Å². The molecule has 0 radical (unpaired) electrons. The van der Waals surface area contributed by atoms with Crippen molar-refractivity contribution in [2.24, 2.45) is 5.92 Å². The van der Waals surface area contributed by atoms with E-state index in [1.54, 1.807) is 18.2 Å². The highest BCUT2D eigenvalue weighted by molar-refractivity contribution is 7.88. The second kappa shape index (κ2) is 8.87. The number of sulfonamides is 1. The summed E-state index contributed by atoms with van der Waals surface area (Å²) in [4.78, 5) is 15.0. The molecule has 1 atom stereocenters. The molecule has 0 saturated carbocycles. The molecule has 2 aromatic rings. The highest BCUT2D eigenvalue weighted by Crippen LogP contribution is 2.28. The molecule has 0 N–H and O–H groups in total. The molecule has 30 heavy (non-hydrogen) atoms. The number of rotatable bonds is 4. The van der Waals surface area contributed by atoms with E-state index in [1.807, 2.05) is 17.0 Å². The van der Waals surface area contributed by atoms with Crippen LogP contribution in [0.5, 0.6) is 0 Å². The average molecular weight is 467 g/mol. The highest BCUT2D eigenvalue weighted by Gasteiger charge is 2.35. The summed E-state index contributed by atoms with van der Waals surface area (Å²) in [6.45, 7) is 1.93. The van der Waals surface area contributed by atoms with E-state index in [0.29, 0.717) is 48.1 Å². The molecule has 2 aromatic carbocycles. The summed E-state index contributed by atoms with van der Waals surface area (Å²) < 4.78 is 27.5. The molecule has 4 rings (SSSR count). The number of carbonyl (C=O) groups is 1. The van der Waals surface area contributed by atoms with Crippen molar-refractivity contribution >= 4 is 39.1 Å². The normalized spacial score (nSPS) is 20.1. The first-order valence-corrected chi connectivity index (χ1v) is 12.5. The molecule has 160 valence electrons. The van der Waals surface area contributed by atoms with Crippen molar-refractivity contribution in [1.29, 1.82) is 0 Å². The Morgan fingerprint density at radius 3 is 2.60 bits per heavy atom. The van der Waals surface area contributed by atoms with Gasteiger partial charge in [0.1, 0.15) is 0 Å². The Hall–Kier alpha value is -1.60. The lowest BCUT2D eigenvalue weighted by atomic mass is 9.95. The number of piperidine rings is 1. The lowest BCUT2D eigenvalue weighted by Gasteiger charge is -2.36.